The van der Waals surface area contributed by atoms with E-state index in [-0.39, 0.29) is 31.4 Å². The molecule has 1 aromatic heterocycles. The van der Waals surface area contributed by atoms with Crippen LogP contribution in [0, 0.1) is 5.82 Å². The van der Waals surface area contributed by atoms with Gasteiger partial charge in [-0.3, -0.25) is 9.80 Å². The normalized spacial score (nSPS) is 17.9. The molecular formula is C25H21FN4O4. The van der Waals surface area contributed by atoms with Crippen LogP contribution in [0.4, 0.5) is 10.3 Å². The van der Waals surface area contributed by atoms with E-state index in [1.165, 1.54) is 0 Å². The van der Waals surface area contributed by atoms with Crippen molar-refractivity contribution in [2.45, 2.75) is 12.5 Å². The molecule has 0 unspecified atom stereocenters. The minimum absolute atomic E-state index is 0.0145. The Labute approximate surface area is 195 Å². The van der Waals surface area contributed by atoms with Gasteiger partial charge in [0.25, 0.3) is 0 Å². The van der Waals surface area contributed by atoms with Crippen molar-refractivity contribution in [3.05, 3.63) is 90.5 Å². The second kappa shape index (κ2) is 9.03. The van der Waals surface area contributed by atoms with E-state index in [2.05, 4.69) is 9.97 Å². The number of carbonyl (C=O) groups is 2. The van der Waals surface area contributed by atoms with Crippen molar-refractivity contribution in [1.29, 1.82) is 0 Å². The number of aromatic nitrogens is 2. The van der Waals surface area contributed by atoms with Crippen molar-refractivity contribution in [1.82, 2.24) is 14.9 Å². The third-order valence-corrected chi connectivity index (χ3v) is 5.70. The van der Waals surface area contributed by atoms with Crippen LogP contribution in [0.15, 0.2) is 79.1 Å². The van der Waals surface area contributed by atoms with Crippen molar-refractivity contribution < 1.29 is 23.5 Å². The molecule has 1 fully saturated rings. The molecule has 1 spiro atoms. The lowest BCUT2D eigenvalue weighted by Crippen LogP contribution is -2.66. The Balaban J connectivity index is 1.45. The monoisotopic (exact) mass is 460 g/mol. The highest BCUT2D eigenvalue weighted by Gasteiger charge is 2.51. The Bertz CT molecular complexity index is 1220. The first-order valence-corrected chi connectivity index (χ1v) is 10.8. The molecule has 3 heterocycles. The van der Waals surface area contributed by atoms with E-state index in [4.69, 9.17) is 9.47 Å². The molecule has 5 rings (SSSR count). The zero-order chi connectivity index (χ0) is 23.5. The molecule has 1 saturated heterocycles. The van der Waals surface area contributed by atoms with E-state index < -0.39 is 17.8 Å². The van der Waals surface area contributed by atoms with Crippen LogP contribution in [0.25, 0.3) is 11.1 Å². The van der Waals surface area contributed by atoms with Crippen LogP contribution < -0.4 is 4.90 Å². The van der Waals surface area contributed by atoms with Crippen LogP contribution in [-0.4, -0.2) is 52.4 Å². The first kappa shape index (κ1) is 21.7. The summed E-state index contributed by atoms with van der Waals surface area (Å²) in [5, 5.41) is 0. The first-order valence-electron chi connectivity index (χ1n) is 10.8. The number of ether oxygens (including phenoxy) is 2. The Morgan fingerprint density at radius 1 is 0.882 bits per heavy atom. The Morgan fingerprint density at radius 2 is 1.59 bits per heavy atom. The highest BCUT2D eigenvalue weighted by molar-refractivity contribution is 5.93. The molecule has 2 aliphatic rings. The van der Waals surface area contributed by atoms with Crippen LogP contribution in [-0.2, 0) is 25.6 Å². The predicted molar refractivity (Wildman–Crippen MR) is 121 cm³/mol. The zero-order valence-electron chi connectivity index (χ0n) is 18.1. The maximum absolute atomic E-state index is 15.4. The van der Waals surface area contributed by atoms with Gasteiger partial charge in [0.1, 0.15) is 5.82 Å². The van der Waals surface area contributed by atoms with Gasteiger partial charge < -0.3 is 9.47 Å². The average Bonchev–Trinajstić information content (AvgIpc) is 2.99. The first-order chi connectivity index (χ1) is 16.5. The zero-order valence-corrected chi connectivity index (χ0v) is 18.1. The van der Waals surface area contributed by atoms with E-state index in [0.717, 1.165) is 17.7 Å². The molecule has 8 nitrogen and oxygen atoms in total. The smallest absolute Gasteiger partial charge is 0.358 e. The lowest BCUT2D eigenvalue weighted by molar-refractivity contribution is -0.232. The van der Waals surface area contributed by atoms with Crippen LogP contribution >= 0.6 is 0 Å². The molecule has 9 heteroatoms. The lowest BCUT2D eigenvalue weighted by Gasteiger charge is -2.47. The van der Waals surface area contributed by atoms with Crippen LogP contribution in [0.2, 0.25) is 0 Å². The molecule has 0 radical (unpaired) electrons. The summed E-state index contributed by atoms with van der Waals surface area (Å²) in [6.07, 6.45) is 5.13. The topological polar surface area (TPSA) is 84.9 Å². The van der Waals surface area contributed by atoms with Gasteiger partial charge in [0.15, 0.2) is 0 Å². The molecular weight excluding hydrogens is 439 g/mol. The minimum atomic E-state index is -1.79. The van der Waals surface area contributed by atoms with Gasteiger partial charge in [0, 0.05) is 55.3 Å². The summed E-state index contributed by atoms with van der Waals surface area (Å²) >= 11 is 0. The highest BCUT2D eigenvalue weighted by atomic mass is 19.1. The number of rotatable bonds is 4. The minimum Gasteiger partial charge on any atom is -0.399 e. The molecule has 0 atom stereocenters. The summed E-state index contributed by atoms with van der Waals surface area (Å²) in [4.78, 5) is 36.5. The number of nitrogens with zero attached hydrogens (tertiary/aromatic N) is 4. The summed E-state index contributed by atoms with van der Waals surface area (Å²) in [6, 6.07) is 16.2. The molecule has 0 aliphatic carbocycles. The lowest BCUT2D eigenvalue weighted by atomic mass is 10.0. The molecule has 34 heavy (non-hydrogen) atoms. The number of esters is 2. The highest BCUT2D eigenvalue weighted by Crippen LogP contribution is 2.32. The van der Waals surface area contributed by atoms with Gasteiger partial charge in [-0.15, -0.1) is 0 Å². The summed E-state index contributed by atoms with van der Waals surface area (Å²) < 4.78 is 26.7. The predicted octanol–water partition coefficient (Wildman–Crippen LogP) is 2.91. The maximum Gasteiger partial charge on any atom is 0.358 e. The number of hydrogen-bond acceptors (Lipinski definition) is 8. The number of piperazine rings is 1. The van der Waals surface area contributed by atoms with E-state index in [9.17, 15) is 9.59 Å². The summed E-state index contributed by atoms with van der Waals surface area (Å²) in [6.45, 7) is 0.960. The molecule has 2 aliphatic heterocycles. The van der Waals surface area contributed by atoms with E-state index in [1.807, 2.05) is 35.2 Å². The molecule has 3 aromatic rings. The fourth-order valence-corrected chi connectivity index (χ4v) is 4.17. The second-order valence-corrected chi connectivity index (χ2v) is 7.94. The summed E-state index contributed by atoms with van der Waals surface area (Å²) in [5.74, 6) is -3.32. The quantitative estimate of drug-likeness (QED) is 0.550. The van der Waals surface area contributed by atoms with Gasteiger partial charge in [-0.2, -0.15) is 0 Å². The largest absolute Gasteiger partial charge is 0.399 e. The molecule has 0 amide bonds. The molecule has 0 N–H and O–H groups in total. The van der Waals surface area contributed by atoms with Crippen molar-refractivity contribution >= 4 is 17.9 Å². The van der Waals surface area contributed by atoms with Gasteiger partial charge in [-0.05, 0) is 11.6 Å². The number of hydrogen-bond donors (Lipinski definition) is 0. The van der Waals surface area contributed by atoms with Crippen molar-refractivity contribution in [3.8, 4) is 11.1 Å². The van der Waals surface area contributed by atoms with Crippen molar-refractivity contribution in [2.24, 2.45) is 0 Å². The average molecular weight is 460 g/mol. The van der Waals surface area contributed by atoms with Gasteiger partial charge in [0.05, 0.1) is 6.54 Å². The summed E-state index contributed by atoms with van der Waals surface area (Å²) in [5.41, 5.74) is 1.76. The third-order valence-electron chi connectivity index (χ3n) is 5.70. The van der Waals surface area contributed by atoms with Gasteiger partial charge in [-0.25, -0.2) is 23.9 Å². The van der Waals surface area contributed by atoms with E-state index in [1.54, 1.807) is 41.6 Å². The second-order valence-electron chi connectivity index (χ2n) is 7.94. The number of carbonyl (C=O) groups excluding carboxylic acids is 2. The maximum atomic E-state index is 15.4. The van der Waals surface area contributed by atoms with Gasteiger partial charge >= 0.3 is 17.8 Å². The van der Waals surface area contributed by atoms with Crippen LogP contribution in [0.1, 0.15) is 5.56 Å². The third kappa shape index (κ3) is 4.25. The van der Waals surface area contributed by atoms with E-state index in [0.29, 0.717) is 17.7 Å². The fourth-order valence-electron chi connectivity index (χ4n) is 4.17. The number of halogens is 1. The number of benzene rings is 2. The van der Waals surface area contributed by atoms with Crippen LogP contribution in [0.3, 0.4) is 0 Å². The van der Waals surface area contributed by atoms with Gasteiger partial charge in [-0.1, -0.05) is 48.5 Å². The fraction of sp³-hybridized carbons (Fsp3) is 0.200. The Morgan fingerprint density at radius 3 is 2.29 bits per heavy atom. The Hall–Kier alpha value is -4.11. The van der Waals surface area contributed by atoms with Crippen molar-refractivity contribution in [2.75, 3.05) is 24.5 Å². The SMILES string of the molecule is O=C1C=CC(=O)OC2(CN(Cc3cccc(-c4ccccc4)c3F)CCN2c2ncccn2)O1. The van der Waals surface area contributed by atoms with E-state index >= 15 is 4.39 Å². The van der Waals surface area contributed by atoms with Crippen molar-refractivity contribution in [3.63, 3.8) is 0 Å². The standard InChI is InChI=1S/C25H21FN4O4/c26-23-19(8-4-9-20(23)18-6-2-1-3-7-18)16-29-14-15-30(24-27-12-5-13-28-24)25(17-29)33-21(31)10-11-22(32)34-25/h1-13H,14-17H2. The molecule has 0 saturated carbocycles. The van der Waals surface area contributed by atoms with Gasteiger partial charge in [0.2, 0.25) is 5.95 Å². The summed E-state index contributed by atoms with van der Waals surface area (Å²) in [7, 11) is 0. The molecule has 0 bridgehead atoms. The van der Waals surface area contributed by atoms with Crippen LogP contribution in [0.5, 0.6) is 0 Å². The Kier molecular flexibility index (Phi) is 5.77. The molecule has 172 valence electrons. The molecule has 2 aromatic carbocycles. The number of anilines is 1.